The van der Waals surface area contributed by atoms with Gasteiger partial charge in [-0.15, -0.1) is 0 Å². The minimum absolute atomic E-state index is 0.245. The normalized spacial score (nSPS) is 9.14. The van der Waals surface area contributed by atoms with Crippen LogP contribution in [0.3, 0.4) is 0 Å². The maximum atomic E-state index is 10.9. The van der Waals surface area contributed by atoms with Crippen molar-refractivity contribution in [2.24, 2.45) is 0 Å². The predicted molar refractivity (Wildman–Crippen MR) is 53.9 cm³/mol. The Labute approximate surface area is 82.4 Å². The monoisotopic (exact) mass is 189 g/mol. The van der Waals surface area contributed by atoms with Crippen LogP contribution in [0.1, 0.15) is 15.9 Å². The van der Waals surface area contributed by atoms with Crippen LogP contribution in [0.5, 0.6) is 0 Å². The minimum atomic E-state index is -0.245. The first-order valence-electron chi connectivity index (χ1n) is 4.21. The number of benzene rings is 1. The highest BCUT2D eigenvalue weighted by molar-refractivity contribution is 5.87. The first-order valence-corrected chi connectivity index (χ1v) is 4.21. The lowest BCUT2D eigenvalue weighted by atomic mass is 10.1. The van der Waals surface area contributed by atoms with Crippen molar-refractivity contribution in [1.29, 1.82) is 0 Å². The van der Waals surface area contributed by atoms with E-state index in [0.717, 1.165) is 11.8 Å². The third-order valence-electron chi connectivity index (χ3n) is 1.82. The summed E-state index contributed by atoms with van der Waals surface area (Å²) in [6, 6.07) is 7.11. The highest BCUT2D eigenvalue weighted by atomic mass is 16.1. The van der Waals surface area contributed by atoms with Crippen molar-refractivity contribution in [3.63, 3.8) is 0 Å². The molecule has 0 fully saturated rings. The Morgan fingerprint density at radius 2 is 2.14 bits per heavy atom. The van der Waals surface area contributed by atoms with Crippen LogP contribution in [0.4, 0.5) is 0 Å². The molecule has 1 N–H and O–H groups in total. The van der Waals surface area contributed by atoms with Crippen molar-refractivity contribution in [2.75, 3.05) is 0 Å². The van der Waals surface area contributed by atoms with Crippen molar-refractivity contribution < 1.29 is 9.59 Å². The van der Waals surface area contributed by atoms with Crippen molar-refractivity contribution >= 4 is 12.2 Å². The van der Waals surface area contributed by atoms with Crippen molar-refractivity contribution in [3.05, 3.63) is 48.0 Å². The fraction of sp³-hybridized carbons (Fsp3) is 0.0909. The first kappa shape index (κ1) is 10.2. The van der Waals surface area contributed by atoms with E-state index in [2.05, 4.69) is 11.9 Å². The minimum Gasteiger partial charge on any atom is -0.348 e. The van der Waals surface area contributed by atoms with Gasteiger partial charge in [-0.2, -0.15) is 0 Å². The second-order valence-electron chi connectivity index (χ2n) is 2.74. The van der Waals surface area contributed by atoms with E-state index in [-0.39, 0.29) is 5.91 Å². The largest absolute Gasteiger partial charge is 0.348 e. The molecule has 0 saturated carbocycles. The van der Waals surface area contributed by atoms with Gasteiger partial charge in [0.1, 0.15) is 6.29 Å². The van der Waals surface area contributed by atoms with Gasteiger partial charge in [-0.1, -0.05) is 30.8 Å². The number of nitrogens with one attached hydrogen (secondary N) is 1. The van der Waals surface area contributed by atoms with Gasteiger partial charge in [0.2, 0.25) is 5.91 Å². The Morgan fingerprint density at radius 1 is 1.43 bits per heavy atom. The molecular weight excluding hydrogens is 178 g/mol. The Bertz CT molecular complexity index is 358. The summed E-state index contributed by atoms with van der Waals surface area (Å²) in [7, 11) is 0. The summed E-state index contributed by atoms with van der Waals surface area (Å²) in [5, 5.41) is 2.61. The molecule has 0 saturated heterocycles. The zero-order valence-electron chi connectivity index (χ0n) is 7.69. The van der Waals surface area contributed by atoms with E-state index in [9.17, 15) is 9.59 Å². The average molecular weight is 189 g/mol. The second-order valence-corrected chi connectivity index (χ2v) is 2.74. The van der Waals surface area contributed by atoms with Crippen LogP contribution in [0.25, 0.3) is 0 Å². The fourth-order valence-electron chi connectivity index (χ4n) is 1.06. The number of aldehydes is 1. The van der Waals surface area contributed by atoms with Gasteiger partial charge < -0.3 is 5.32 Å². The van der Waals surface area contributed by atoms with Crippen LogP contribution in [0.2, 0.25) is 0 Å². The molecule has 0 atom stereocenters. The summed E-state index contributed by atoms with van der Waals surface area (Å²) >= 11 is 0. The van der Waals surface area contributed by atoms with E-state index in [1.54, 1.807) is 18.2 Å². The van der Waals surface area contributed by atoms with Gasteiger partial charge in [-0.05, 0) is 11.6 Å². The first-order chi connectivity index (χ1) is 6.77. The molecule has 3 heteroatoms. The maximum absolute atomic E-state index is 10.9. The molecule has 0 radical (unpaired) electrons. The van der Waals surface area contributed by atoms with Crippen LogP contribution < -0.4 is 5.32 Å². The topological polar surface area (TPSA) is 46.2 Å². The smallest absolute Gasteiger partial charge is 0.243 e. The molecule has 14 heavy (non-hydrogen) atoms. The van der Waals surface area contributed by atoms with E-state index in [1.165, 1.54) is 6.08 Å². The third kappa shape index (κ3) is 2.55. The number of rotatable bonds is 4. The van der Waals surface area contributed by atoms with Gasteiger partial charge in [0.25, 0.3) is 0 Å². The summed E-state index contributed by atoms with van der Waals surface area (Å²) in [5.74, 6) is -0.245. The van der Waals surface area contributed by atoms with Crippen LogP contribution in [-0.2, 0) is 11.3 Å². The van der Waals surface area contributed by atoms with E-state index < -0.39 is 0 Å². The molecule has 0 bridgehead atoms. The maximum Gasteiger partial charge on any atom is 0.243 e. The zero-order valence-corrected chi connectivity index (χ0v) is 7.69. The van der Waals surface area contributed by atoms with Gasteiger partial charge in [0.15, 0.2) is 0 Å². The van der Waals surface area contributed by atoms with Crippen LogP contribution in [0.15, 0.2) is 36.9 Å². The zero-order chi connectivity index (χ0) is 10.4. The van der Waals surface area contributed by atoms with E-state index in [4.69, 9.17) is 0 Å². The highest BCUT2D eigenvalue weighted by Crippen LogP contribution is 2.05. The summed E-state index contributed by atoms with van der Waals surface area (Å²) < 4.78 is 0. The number of carbonyl (C=O) groups is 2. The lowest BCUT2D eigenvalue weighted by Crippen LogP contribution is -2.20. The van der Waals surface area contributed by atoms with Crippen LogP contribution in [-0.4, -0.2) is 12.2 Å². The summed E-state index contributed by atoms with van der Waals surface area (Å²) in [6.45, 7) is 3.68. The number of hydrogen-bond donors (Lipinski definition) is 1. The summed E-state index contributed by atoms with van der Waals surface area (Å²) in [6.07, 6.45) is 1.97. The molecule has 3 nitrogen and oxygen atoms in total. The molecule has 1 aromatic carbocycles. The Morgan fingerprint density at radius 3 is 2.79 bits per heavy atom. The lowest BCUT2D eigenvalue weighted by molar-refractivity contribution is -0.116. The lowest BCUT2D eigenvalue weighted by Gasteiger charge is -2.04. The Kier molecular flexibility index (Phi) is 3.61. The van der Waals surface area contributed by atoms with Crippen molar-refractivity contribution in [1.82, 2.24) is 5.32 Å². The number of carbonyl (C=O) groups excluding carboxylic acids is 2. The molecule has 0 aliphatic heterocycles. The standard InChI is InChI=1S/C11H11NO2/c1-2-11(14)12-7-9-5-3-4-6-10(9)8-13/h2-6,8H,1,7H2,(H,12,14). The van der Waals surface area contributed by atoms with E-state index in [0.29, 0.717) is 12.1 Å². The van der Waals surface area contributed by atoms with Gasteiger partial charge in [-0.3, -0.25) is 9.59 Å². The van der Waals surface area contributed by atoms with Crippen LogP contribution in [0, 0.1) is 0 Å². The molecule has 72 valence electrons. The van der Waals surface area contributed by atoms with Crippen LogP contribution >= 0.6 is 0 Å². The van der Waals surface area contributed by atoms with E-state index in [1.807, 2.05) is 6.07 Å². The fourth-order valence-corrected chi connectivity index (χ4v) is 1.06. The molecule has 1 amide bonds. The van der Waals surface area contributed by atoms with Crippen molar-refractivity contribution in [2.45, 2.75) is 6.54 Å². The van der Waals surface area contributed by atoms with Gasteiger partial charge >= 0.3 is 0 Å². The second kappa shape index (κ2) is 4.97. The number of amides is 1. The molecule has 0 spiro atoms. The van der Waals surface area contributed by atoms with Gasteiger partial charge in [0.05, 0.1) is 0 Å². The van der Waals surface area contributed by atoms with Gasteiger partial charge in [0, 0.05) is 12.1 Å². The molecule has 0 unspecified atom stereocenters. The summed E-state index contributed by atoms with van der Waals surface area (Å²) in [4.78, 5) is 21.5. The SMILES string of the molecule is C=CC(=O)NCc1ccccc1C=O. The number of hydrogen-bond acceptors (Lipinski definition) is 2. The predicted octanol–water partition coefficient (Wildman–Crippen LogP) is 1.30. The Hall–Kier alpha value is -1.90. The average Bonchev–Trinajstić information content (AvgIpc) is 2.26. The Balaban J connectivity index is 2.70. The molecule has 1 rings (SSSR count). The van der Waals surface area contributed by atoms with E-state index >= 15 is 0 Å². The molecule has 0 aliphatic carbocycles. The highest BCUT2D eigenvalue weighted by Gasteiger charge is 2.00. The molecular formula is C11H11NO2. The summed E-state index contributed by atoms with van der Waals surface area (Å²) in [5.41, 5.74) is 1.40. The quantitative estimate of drug-likeness (QED) is 0.573. The molecule has 0 aliphatic rings. The van der Waals surface area contributed by atoms with Crippen molar-refractivity contribution in [3.8, 4) is 0 Å². The molecule has 0 aromatic heterocycles. The molecule has 1 aromatic rings. The third-order valence-corrected chi connectivity index (χ3v) is 1.82. The molecule has 0 heterocycles. The van der Waals surface area contributed by atoms with Gasteiger partial charge in [-0.25, -0.2) is 0 Å².